The highest BCUT2D eigenvalue weighted by molar-refractivity contribution is 5.58. The van der Waals surface area contributed by atoms with Crippen LogP contribution in [0.5, 0.6) is 0 Å². The van der Waals surface area contributed by atoms with Gasteiger partial charge >= 0.3 is 11.9 Å². The minimum absolute atomic E-state index is 0.00260. The zero-order chi connectivity index (χ0) is 27.3. The van der Waals surface area contributed by atoms with Crippen LogP contribution < -0.4 is 5.69 Å². The zero-order valence-corrected chi connectivity index (χ0v) is 22.2. The fraction of sp³-hybridized carbons (Fsp3) is 0.483. The van der Waals surface area contributed by atoms with Crippen LogP contribution in [0.1, 0.15) is 73.9 Å². The number of imidazole rings is 1. The van der Waals surface area contributed by atoms with Crippen molar-refractivity contribution in [2.24, 2.45) is 13.0 Å². The van der Waals surface area contributed by atoms with E-state index >= 15 is 0 Å². The Hall–Kier alpha value is -3.40. The lowest BCUT2D eigenvalue weighted by atomic mass is 9.72. The minimum Gasteiger partial charge on any atom is -0.320 e. The summed E-state index contributed by atoms with van der Waals surface area (Å²) in [4.78, 5) is 15.8. The topological polar surface area (TPSA) is 60.4 Å². The van der Waals surface area contributed by atoms with Crippen LogP contribution in [0.25, 0.3) is 11.2 Å². The second-order valence-electron chi connectivity index (χ2n) is 11.2. The molecule has 6 rings (SSSR count). The molecule has 1 aliphatic heterocycles. The van der Waals surface area contributed by atoms with E-state index in [0.29, 0.717) is 29.8 Å². The number of likely N-dealkylation sites (tertiary alicyclic amines) is 1. The lowest BCUT2D eigenvalue weighted by molar-refractivity contribution is -0.136. The van der Waals surface area contributed by atoms with Crippen LogP contribution in [0, 0.1) is 5.92 Å². The van der Waals surface area contributed by atoms with Crippen molar-refractivity contribution in [3.8, 4) is 5.69 Å². The number of piperidine rings is 1. The van der Waals surface area contributed by atoms with E-state index in [1.165, 1.54) is 16.8 Å². The Labute approximate surface area is 224 Å². The lowest BCUT2D eigenvalue weighted by Crippen LogP contribution is -2.37. The fourth-order valence-corrected chi connectivity index (χ4v) is 6.22. The molecule has 10 heteroatoms. The van der Waals surface area contributed by atoms with Crippen molar-refractivity contribution < 1.29 is 13.2 Å². The molecule has 1 aliphatic carbocycles. The molecule has 0 bridgehead atoms. The molecule has 0 amide bonds. The normalized spacial score (nSPS) is 19.9. The van der Waals surface area contributed by atoms with E-state index in [9.17, 15) is 18.0 Å². The Balaban J connectivity index is 1.43. The smallest absolute Gasteiger partial charge is 0.320 e. The largest absolute Gasteiger partial charge is 0.418 e. The van der Waals surface area contributed by atoms with E-state index < -0.39 is 17.4 Å². The molecular formula is C29H33F3N6O. The standard InChI is InChI=1S/C29H33F3N6O/c1-19-7-3-4-12-36(19)15-20-13-24(29(30,31)32)25-17-37(28(39)38(25)16-20)23-11-6-10-22(14-23)26(21-8-5-9-21)27-34-33-18-35(27)2/h6,10-11,13-14,16-19,21,26H,3-5,7-9,12,15H2,1-2H3/t19-,26-/m1/s1. The van der Waals surface area contributed by atoms with Crippen molar-refractivity contribution in [1.29, 1.82) is 0 Å². The average molecular weight is 539 g/mol. The number of hydrogen-bond donors (Lipinski definition) is 0. The second-order valence-corrected chi connectivity index (χ2v) is 11.2. The molecule has 0 N–H and O–H groups in total. The van der Waals surface area contributed by atoms with Gasteiger partial charge in [0, 0.05) is 37.9 Å². The Morgan fingerprint density at radius 3 is 2.56 bits per heavy atom. The number of rotatable bonds is 6. The first-order chi connectivity index (χ1) is 18.7. The van der Waals surface area contributed by atoms with Gasteiger partial charge in [-0.3, -0.25) is 13.9 Å². The summed E-state index contributed by atoms with van der Waals surface area (Å²) in [5, 5.41) is 8.43. The van der Waals surface area contributed by atoms with Gasteiger partial charge in [-0.15, -0.1) is 10.2 Å². The summed E-state index contributed by atoms with van der Waals surface area (Å²) in [5.74, 6) is 1.26. The predicted octanol–water partition coefficient (Wildman–Crippen LogP) is 5.54. The number of benzene rings is 1. The van der Waals surface area contributed by atoms with E-state index in [2.05, 4.69) is 22.0 Å². The molecule has 4 heterocycles. The highest BCUT2D eigenvalue weighted by Gasteiger charge is 2.36. The number of alkyl halides is 3. The van der Waals surface area contributed by atoms with E-state index in [0.717, 1.165) is 60.9 Å². The number of nitrogens with zero attached hydrogens (tertiary/aromatic N) is 6. The van der Waals surface area contributed by atoms with Gasteiger partial charge in [0.2, 0.25) is 0 Å². The molecule has 39 heavy (non-hydrogen) atoms. The first-order valence-electron chi connectivity index (χ1n) is 13.7. The molecule has 0 radical (unpaired) electrons. The quantitative estimate of drug-likeness (QED) is 0.323. The summed E-state index contributed by atoms with van der Waals surface area (Å²) in [6.45, 7) is 3.33. The number of fused-ring (bicyclic) bond motifs is 1. The molecule has 1 aromatic carbocycles. The van der Waals surface area contributed by atoms with E-state index in [1.54, 1.807) is 18.6 Å². The molecular weight excluding hydrogens is 505 g/mol. The SMILES string of the molecule is C[C@@H]1CCCCN1Cc1cc(C(F)(F)F)c2cn(-c3cccc([C@H](c4nncn4C)C4CCC4)c3)c(=O)n2c1. The molecule has 2 aliphatic rings. The third kappa shape index (κ3) is 4.79. The number of aromatic nitrogens is 5. The van der Waals surface area contributed by atoms with Crippen molar-refractivity contribution >= 4 is 5.52 Å². The maximum Gasteiger partial charge on any atom is 0.418 e. The maximum atomic E-state index is 14.2. The van der Waals surface area contributed by atoms with Crippen molar-refractivity contribution in [2.45, 2.75) is 70.1 Å². The van der Waals surface area contributed by atoms with Crippen molar-refractivity contribution in [2.75, 3.05) is 6.54 Å². The number of hydrogen-bond acceptors (Lipinski definition) is 4. The third-order valence-electron chi connectivity index (χ3n) is 8.61. The highest BCUT2D eigenvalue weighted by atomic mass is 19.4. The van der Waals surface area contributed by atoms with Gasteiger partial charge in [0.15, 0.2) is 0 Å². The summed E-state index contributed by atoms with van der Waals surface area (Å²) in [6.07, 6.45) is 6.47. The molecule has 7 nitrogen and oxygen atoms in total. The van der Waals surface area contributed by atoms with E-state index in [4.69, 9.17) is 0 Å². The number of halogens is 3. The first kappa shape index (κ1) is 25.9. The van der Waals surface area contributed by atoms with Gasteiger partial charge in [0.1, 0.15) is 12.2 Å². The summed E-state index contributed by atoms with van der Waals surface area (Å²) < 4.78 is 47.1. The van der Waals surface area contributed by atoms with Crippen LogP contribution in [-0.2, 0) is 19.8 Å². The zero-order valence-electron chi connectivity index (χ0n) is 22.2. The van der Waals surface area contributed by atoms with Crippen LogP contribution in [0.3, 0.4) is 0 Å². The van der Waals surface area contributed by atoms with Crippen LogP contribution in [0.4, 0.5) is 13.2 Å². The molecule has 1 saturated heterocycles. The molecule has 0 spiro atoms. The fourth-order valence-electron chi connectivity index (χ4n) is 6.22. The summed E-state index contributed by atoms with van der Waals surface area (Å²) in [5.41, 5.74) is 0.558. The van der Waals surface area contributed by atoms with Crippen molar-refractivity contribution in [3.05, 3.63) is 82.1 Å². The van der Waals surface area contributed by atoms with Gasteiger partial charge in [-0.1, -0.05) is 25.0 Å². The number of pyridine rings is 1. The van der Waals surface area contributed by atoms with E-state index in [1.807, 2.05) is 29.8 Å². The Bertz CT molecular complexity index is 1550. The van der Waals surface area contributed by atoms with Gasteiger partial charge in [0.05, 0.1) is 16.8 Å². The minimum atomic E-state index is -4.59. The molecule has 2 atom stereocenters. The highest BCUT2D eigenvalue weighted by Crippen LogP contribution is 2.43. The summed E-state index contributed by atoms with van der Waals surface area (Å²) in [6, 6.07) is 9.03. The van der Waals surface area contributed by atoms with E-state index in [-0.39, 0.29) is 11.4 Å². The molecule has 0 unspecified atom stereocenters. The Kier molecular flexibility index (Phi) is 6.61. The maximum absolute atomic E-state index is 14.2. The van der Waals surface area contributed by atoms with Gasteiger partial charge in [0.25, 0.3) is 0 Å². The van der Waals surface area contributed by atoms with Crippen LogP contribution in [-0.4, -0.2) is 41.2 Å². The van der Waals surface area contributed by atoms with Gasteiger partial charge in [-0.05, 0) is 74.4 Å². The monoisotopic (exact) mass is 538 g/mol. The average Bonchev–Trinajstić information content (AvgIpc) is 3.44. The van der Waals surface area contributed by atoms with Gasteiger partial charge in [-0.2, -0.15) is 13.2 Å². The van der Waals surface area contributed by atoms with Gasteiger partial charge < -0.3 is 4.57 Å². The van der Waals surface area contributed by atoms with Crippen molar-refractivity contribution in [3.63, 3.8) is 0 Å². The summed E-state index contributed by atoms with van der Waals surface area (Å²) >= 11 is 0. The first-order valence-corrected chi connectivity index (χ1v) is 13.7. The van der Waals surface area contributed by atoms with Crippen LogP contribution in [0.2, 0.25) is 0 Å². The lowest BCUT2D eigenvalue weighted by Gasteiger charge is -2.33. The van der Waals surface area contributed by atoms with Crippen LogP contribution >= 0.6 is 0 Å². The molecule has 4 aromatic rings. The molecule has 206 valence electrons. The summed E-state index contributed by atoms with van der Waals surface area (Å²) in [7, 11) is 1.91. The Morgan fingerprint density at radius 1 is 1.08 bits per heavy atom. The molecule has 2 fully saturated rings. The Morgan fingerprint density at radius 2 is 1.90 bits per heavy atom. The van der Waals surface area contributed by atoms with Crippen LogP contribution in [0.15, 0.2) is 53.8 Å². The molecule has 3 aromatic heterocycles. The van der Waals surface area contributed by atoms with Crippen molar-refractivity contribution in [1.82, 2.24) is 28.6 Å². The second kappa shape index (κ2) is 9.97. The molecule has 1 saturated carbocycles. The predicted molar refractivity (Wildman–Crippen MR) is 142 cm³/mol. The number of aryl methyl sites for hydroxylation is 1. The third-order valence-corrected chi connectivity index (χ3v) is 8.61. The van der Waals surface area contributed by atoms with Gasteiger partial charge in [-0.25, -0.2) is 4.79 Å².